The van der Waals surface area contributed by atoms with Gasteiger partial charge >= 0.3 is 0 Å². The zero-order valence-corrected chi connectivity index (χ0v) is 13.4. The molecule has 0 aliphatic heterocycles. The van der Waals surface area contributed by atoms with Gasteiger partial charge in [0, 0.05) is 4.88 Å². The predicted octanol–water partition coefficient (Wildman–Crippen LogP) is 5.46. The molecule has 1 aromatic carbocycles. The SMILES string of the molecule is CCc1ccsc1C(Br)c1ccc(OC)c(Cl)c1. The Labute approximate surface area is 125 Å². The van der Waals surface area contributed by atoms with E-state index >= 15 is 0 Å². The summed E-state index contributed by atoms with van der Waals surface area (Å²) < 4.78 is 5.17. The van der Waals surface area contributed by atoms with Gasteiger partial charge in [-0.25, -0.2) is 0 Å². The zero-order valence-electron chi connectivity index (χ0n) is 10.2. The van der Waals surface area contributed by atoms with E-state index in [4.69, 9.17) is 16.3 Å². The maximum absolute atomic E-state index is 6.17. The van der Waals surface area contributed by atoms with Crippen molar-refractivity contribution in [2.75, 3.05) is 7.11 Å². The minimum Gasteiger partial charge on any atom is -0.495 e. The summed E-state index contributed by atoms with van der Waals surface area (Å²) in [6.07, 6.45) is 1.05. The van der Waals surface area contributed by atoms with Crippen LogP contribution in [0.2, 0.25) is 5.02 Å². The average Bonchev–Trinajstić information content (AvgIpc) is 2.86. The van der Waals surface area contributed by atoms with Crippen LogP contribution in [0.4, 0.5) is 0 Å². The summed E-state index contributed by atoms with van der Waals surface area (Å²) in [7, 11) is 1.63. The summed E-state index contributed by atoms with van der Waals surface area (Å²) in [4.78, 5) is 1.54. The van der Waals surface area contributed by atoms with E-state index in [2.05, 4.69) is 34.3 Å². The van der Waals surface area contributed by atoms with Gasteiger partial charge in [0.15, 0.2) is 0 Å². The second-order valence-electron chi connectivity index (χ2n) is 3.92. The topological polar surface area (TPSA) is 9.23 Å². The lowest BCUT2D eigenvalue weighted by atomic mass is 10.1. The fourth-order valence-electron chi connectivity index (χ4n) is 1.85. The second-order valence-corrected chi connectivity index (χ2v) is 6.19. The predicted molar refractivity (Wildman–Crippen MR) is 82.5 cm³/mol. The van der Waals surface area contributed by atoms with E-state index in [1.807, 2.05) is 18.2 Å². The highest BCUT2D eigenvalue weighted by Crippen LogP contribution is 2.39. The third-order valence-corrected chi connectivity index (χ3v) is 5.47. The number of alkyl halides is 1. The maximum Gasteiger partial charge on any atom is 0.137 e. The van der Waals surface area contributed by atoms with Crippen LogP contribution in [0.5, 0.6) is 5.75 Å². The van der Waals surface area contributed by atoms with Crippen molar-refractivity contribution in [3.8, 4) is 5.75 Å². The van der Waals surface area contributed by atoms with Crippen molar-refractivity contribution >= 4 is 38.9 Å². The van der Waals surface area contributed by atoms with Crippen molar-refractivity contribution in [3.63, 3.8) is 0 Å². The first-order valence-electron chi connectivity index (χ1n) is 5.71. The summed E-state index contributed by atoms with van der Waals surface area (Å²) in [6.45, 7) is 2.17. The van der Waals surface area contributed by atoms with Crippen molar-refractivity contribution in [2.24, 2.45) is 0 Å². The molecule has 1 aromatic heterocycles. The Kier molecular flexibility index (Phi) is 4.71. The number of aryl methyl sites for hydroxylation is 1. The molecule has 0 radical (unpaired) electrons. The Morgan fingerprint density at radius 3 is 2.78 bits per heavy atom. The second kappa shape index (κ2) is 6.09. The van der Waals surface area contributed by atoms with Crippen LogP contribution in [0.25, 0.3) is 0 Å². The molecule has 96 valence electrons. The van der Waals surface area contributed by atoms with Gasteiger partial charge in [-0.05, 0) is 41.1 Å². The number of thiophene rings is 1. The molecular formula is C14H14BrClOS. The molecule has 0 aliphatic rings. The van der Waals surface area contributed by atoms with Crippen LogP contribution in [0, 0.1) is 0 Å². The van der Waals surface area contributed by atoms with Gasteiger partial charge in [-0.15, -0.1) is 11.3 Å². The molecule has 0 N–H and O–H groups in total. The van der Waals surface area contributed by atoms with Gasteiger partial charge in [-0.1, -0.05) is 40.5 Å². The molecule has 0 fully saturated rings. The quantitative estimate of drug-likeness (QED) is 0.669. The summed E-state index contributed by atoms with van der Waals surface area (Å²) in [5, 5.41) is 2.78. The largest absolute Gasteiger partial charge is 0.495 e. The molecule has 4 heteroatoms. The van der Waals surface area contributed by atoms with Crippen LogP contribution in [-0.4, -0.2) is 7.11 Å². The Morgan fingerprint density at radius 2 is 2.17 bits per heavy atom. The van der Waals surface area contributed by atoms with Crippen LogP contribution in [0.3, 0.4) is 0 Å². The van der Waals surface area contributed by atoms with Gasteiger partial charge in [-0.2, -0.15) is 0 Å². The molecule has 0 aliphatic carbocycles. The minimum absolute atomic E-state index is 0.191. The third-order valence-electron chi connectivity index (χ3n) is 2.86. The Bertz CT molecular complexity index is 538. The van der Waals surface area contributed by atoms with E-state index in [1.54, 1.807) is 18.4 Å². The van der Waals surface area contributed by atoms with E-state index < -0.39 is 0 Å². The molecule has 0 saturated heterocycles. The number of ether oxygens (including phenoxy) is 1. The molecule has 18 heavy (non-hydrogen) atoms. The first-order valence-corrected chi connectivity index (χ1v) is 7.88. The van der Waals surface area contributed by atoms with E-state index in [0.717, 1.165) is 12.0 Å². The first-order chi connectivity index (χ1) is 8.67. The van der Waals surface area contributed by atoms with E-state index in [9.17, 15) is 0 Å². The standard InChI is InChI=1S/C14H14BrClOS/c1-3-9-6-7-18-14(9)13(15)10-4-5-12(17-2)11(16)8-10/h4-8,13H,3H2,1-2H3. The van der Waals surface area contributed by atoms with E-state index in [0.29, 0.717) is 10.8 Å². The molecule has 2 aromatic rings. The third kappa shape index (κ3) is 2.73. The lowest BCUT2D eigenvalue weighted by Gasteiger charge is -2.12. The molecular weight excluding hydrogens is 332 g/mol. The Balaban J connectivity index is 2.34. The van der Waals surface area contributed by atoms with Gasteiger partial charge in [0.05, 0.1) is 17.0 Å². The van der Waals surface area contributed by atoms with Crippen molar-refractivity contribution in [2.45, 2.75) is 18.2 Å². The maximum atomic E-state index is 6.17. The van der Waals surface area contributed by atoms with Crippen LogP contribution < -0.4 is 4.74 Å². The molecule has 1 nitrogen and oxygen atoms in total. The molecule has 1 heterocycles. The van der Waals surface area contributed by atoms with Crippen LogP contribution in [-0.2, 0) is 6.42 Å². The van der Waals surface area contributed by atoms with Crippen LogP contribution in [0.15, 0.2) is 29.6 Å². The highest BCUT2D eigenvalue weighted by molar-refractivity contribution is 9.09. The van der Waals surface area contributed by atoms with Gasteiger partial charge in [0.1, 0.15) is 5.75 Å². The number of halogens is 2. The Morgan fingerprint density at radius 1 is 1.39 bits per heavy atom. The Hall–Kier alpha value is -0.510. The minimum atomic E-state index is 0.191. The first kappa shape index (κ1) is 13.9. The van der Waals surface area contributed by atoms with Gasteiger partial charge < -0.3 is 4.74 Å². The fourth-order valence-corrected chi connectivity index (χ4v) is 4.02. The van der Waals surface area contributed by atoms with Gasteiger partial charge in [0.2, 0.25) is 0 Å². The fraction of sp³-hybridized carbons (Fsp3) is 0.286. The van der Waals surface area contributed by atoms with Crippen molar-refractivity contribution < 1.29 is 4.74 Å². The summed E-state index contributed by atoms with van der Waals surface area (Å²) in [5.41, 5.74) is 2.53. The van der Waals surface area contributed by atoms with Gasteiger partial charge in [0.25, 0.3) is 0 Å². The number of methoxy groups -OCH3 is 1. The van der Waals surface area contributed by atoms with Crippen molar-refractivity contribution in [3.05, 3.63) is 50.7 Å². The highest BCUT2D eigenvalue weighted by atomic mass is 79.9. The normalized spacial score (nSPS) is 12.4. The van der Waals surface area contributed by atoms with Crippen LogP contribution in [0.1, 0.15) is 27.8 Å². The number of benzene rings is 1. The smallest absolute Gasteiger partial charge is 0.137 e. The van der Waals surface area contributed by atoms with Crippen LogP contribution >= 0.6 is 38.9 Å². The summed E-state index contributed by atoms with van der Waals surface area (Å²) in [5.74, 6) is 0.710. The summed E-state index contributed by atoms with van der Waals surface area (Å²) >= 11 is 11.7. The molecule has 0 spiro atoms. The van der Waals surface area contributed by atoms with E-state index in [-0.39, 0.29) is 4.83 Å². The molecule has 0 amide bonds. The van der Waals surface area contributed by atoms with Crippen molar-refractivity contribution in [1.29, 1.82) is 0 Å². The molecule has 0 saturated carbocycles. The lowest BCUT2D eigenvalue weighted by Crippen LogP contribution is -1.94. The zero-order chi connectivity index (χ0) is 13.1. The average molecular weight is 346 g/mol. The van der Waals surface area contributed by atoms with Crippen molar-refractivity contribution in [1.82, 2.24) is 0 Å². The number of hydrogen-bond donors (Lipinski definition) is 0. The summed E-state index contributed by atoms with van der Waals surface area (Å²) in [6, 6.07) is 8.09. The monoisotopic (exact) mass is 344 g/mol. The number of rotatable bonds is 4. The van der Waals surface area contributed by atoms with E-state index in [1.165, 1.54) is 10.4 Å². The highest BCUT2D eigenvalue weighted by Gasteiger charge is 2.16. The van der Waals surface area contributed by atoms with Gasteiger partial charge in [-0.3, -0.25) is 0 Å². The molecule has 1 unspecified atom stereocenters. The molecule has 0 bridgehead atoms. The number of hydrogen-bond acceptors (Lipinski definition) is 2. The molecule has 1 atom stereocenters. The molecule has 2 rings (SSSR count). The lowest BCUT2D eigenvalue weighted by molar-refractivity contribution is 0.415.